The number of aldehydes is 1. The molecule has 1 nitrogen and oxygen atoms in total. The average molecular weight is 288 g/mol. The second-order valence-corrected chi connectivity index (χ2v) is 4.85. The largest absolute Gasteiger partial charge is 0.298 e. The normalized spacial score (nSPS) is 11.9. The molecular weight excluding hydrogens is 275 g/mol. The van der Waals surface area contributed by atoms with Gasteiger partial charge in [0.2, 0.25) is 0 Å². The van der Waals surface area contributed by atoms with Gasteiger partial charge in [-0.3, -0.25) is 4.79 Å². The van der Waals surface area contributed by atoms with Crippen molar-refractivity contribution in [2.24, 2.45) is 5.92 Å². The number of carbonyl (C=O) groups is 1. The van der Waals surface area contributed by atoms with Crippen molar-refractivity contribution in [1.82, 2.24) is 0 Å². The van der Waals surface area contributed by atoms with Gasteiger partial charge in [0, 0.05) is 4.47 Å². The van der Waals surface area contributed by atoms with Crippen LogP contribution < -0.4 is 0 Å². The molecule has 0 saturated carbocycles. The molecule has 0 atom stereocenters. The highest BCUT2D eigenvalue weighted by Gasteiger charge is 2.03. The van der Waals surface area contributed by atoms with Gasteiger partial charge in [-0.25, -0.2) is 0 Å². The van der Waals surface area contributed by atoms with Crippen molar-refractivity contribution in [3.05, 3.63) is 38.8 Å². The van der Waals surface area contributed by atoms with Gasteiger partial charge in [-0.15, -0.1) is 0 Å². The van der Waals surface area contributed by atoms with Gasteiger partial charge in [-0.2, -0.15) is 0 Å². The molecule has 0 unspecified atom stereocenters. The first-order valence-corrected chi connectivity index (χ1v) is 5.83. The minimum absolute atomic E-state index is 0.233. The molecule has 0 bridgehead atoms. The highest BCUT2D eigenvalue weighted by molar-refractivity contribution is 9.10. The summed E-state index contributed by atoms with van der Waals surface area (Å²) in [7, 11) is 0. The minimum atomic E-state index is 0.233. The first-order chi connectivity index (χ1) is 7.04. The summed E-state index contributed by atoms with van der Waals surface area (Å²) in [5.74, 6) is 0.233. The zero-order valence-corrected chi connectivity index (χ0v) is 11.0. The molecule has 0 spiro atoms. The Morgan fingerprint density at radius 3 is 2.60 bits per heavy atom. The molecule has 0 amide bonds. The number of hydrogen-bond acceptors (Lipinski definition) is 1. The Bertz CT molecular complexity index is 397. The lowest BCUT2D eigenvalue weighted by Crippen LogP contribution is -1.94. The zero-order chi connectivity index (χ0) is 11.4. The number of rotatable bonds is 3. The third kappa shape index (κ3) is 3.47. The molecule has 3 heteroatoms. The van der Waals surface area contributed by atoms with Crippen molar-refractivity contribution in [3.63, 3.8) is 0 Å². The van der Waals surface area contributed by atoms with Crippen LogP contribution in [-0.4, -0.2) is 6.29 Å². The zero-order valence-electron chi connectivity index (χ0n) is 8.63. The van der Waals surface area contributed by atoms with Crippen molar-refractivity contribution in [1.29, 1.82) is 0 Å². The molecule has 1 aromatic carbocycles. The van der Waals surface area contributed by atoms with Gasteiger partial charge >= 0.3 is 0 Å². The predicted octanol–water partition coefficient (Wildman–Crippen LogP) is 4.34. The van der Waals surface area contributed by atoms with Crippen molar-refractivity contribution in [2.45, 2.75) is 13.8 Å². The summed E-state index contributed by atoms with van der Waals surface area (Å²) < 4.78 is 0.840. The summed E-state index contributed by atoms with van der Waals surface area (Å²) >= 11 is 9.22. The first kappa shape index (κ1) is 12.5. The fraction of sp³-hybridized carbons (Fsp3) is 0.250. The minimum Gasteiger partial charge on any atom is -0.298 e. The maximum Gasteiger partial charge on any atom is 0.146 e. The molecule has 0 aliphatic rings. The lowest BCUT2D eigenvalue weighted by molar-refractivity contribution is -0.105. The molecular formula is C12H12BrClO. The van der Waals surface area contributed by atoms with Gasteiger partial charge < -0.3 is 0 Å². The van der Waals surface area contributed by atoms with Crippen LogP contribution in [0.25, 0.3) is 6.08 Å². The highest BCUT2D eigenvalue weighted by atomic mass is 79.9. The predicted molar refractivity (Wildman–Crippen MR) is 68.0 cm³/mol. The molecule has 0 aromatic heterocycles. The van der Waals surface area contributed by atoms with Crippen LogP contribution in [0.15, 0.2) is 28.2 Å². The Kier molecular flexibility index (Phi) is 4.55. The lowest BCUT2D eigenvalue weighted by Gasteiger charge is -2.04. The number of benzene rings is 1. The third-order valence-corrected chi connectivity index (χ3v) is 3.29. The Labute approximate surface area is 103 Å². The average Bonchev–Trinajstić information content (AvgIpc) is 2.19. The van der Waals surface area contributed by atoms with Gasteiger partial charge in [0.05, 0.1) is 5.02 Å². The number of allylic oxidation sites excluding steroid dienone is 1. The second-order valence-electron chi connectivity index (χ2n) is 3.59. The fourth-order valence-corrected chi connectivity index (χ4v) is 1.65. The molecule has 0 N–H and O–H groups in total. The third-order valence-electron chi connectivity index (χ3n) is 2.08. The van der Waals surface area contributed by atoms with E-state index in [2.05, 4.69) is 15.9 Å². The summed E-state index contributed by atoms with van der Waals surface area (Å²) in [6, 6.07) is 5.59. The lowest BCUT2D eigenvalue weighted by atomic mass is 10.0. The summed E-state index contributed by atoms with van der Waals surface area (Å²) in [5.41, 5.74) is 1.76. The summed E-state index contributed by atoms with van der Waals surface area (Å²) in [5, 5.41) is 0.671. The summed E-state index contributed by atoms with van der Waals surface area (Å²) in [6.45, 7) is 3.98. The molecule has 0 aliphatic heterocycles. The Hall–Kier alpha value is -0.600. The molecule has 15 heavy (non-hydrogen) atoms. The molecule has 0 heterocycles. The van der Waals surface area contributed by atoms with Gasteiger partial charge in [0.25, 0.3) is 0 Å². The smallest absolute Gasteiger partial charge is 0.146 e. The number of hydrogen-bond donors (Lipinski definition) is 0. The molecule has 0 aliphatic carbocycles. The van der Waals surface area contributed by atoms with Crippen LogP contribution in [0.3, 0.4) is 0 Å². The topological polar surface area (TPSA) is 17.1 Å². The molecule has 0 fully saturated rings. The van der Waals surface area contributed by atoms with Crippen LogP contribution in [0.2, 0.25) is 5.02 Å². The second kappa shape index (κ2) is 5.47. The monoisotopic (exact) mass is 286 g/mol. The maximum atomic E-state index is 10.8. The molecule has 1 rings (SSSR count). The van der Waals surface area contributed by atoms with Gasteiger partial charge in [-0.05, 0) is 51.2 Å². The van der Waals surface area contributed by atoms with Crippen molar-refractivity contribution in [3.8, 4) is 0 Å². The highest BCUT2D eigenvalue weighted by Crippen LogP contribution is 2.24. The summed E-state index contributed by atoms with van der Waals surface area (Å²) in [6.07, 6.45) is 2.77. The maximum absolute atomic E-state index is 10.8. The van der Waals surface area contributed by atoms with E-state index < -0.39 is 0 Å². The van der Waals surface area contributed by atoms with Crippen LogP contribution in [0.4, 0.5) is 0 Å². The molecule has 1 aromatic rings. The quantitative estimate of drug-likeness (QED) is 0.597. The Morgan fingerprint density at radius 1 is 1.47 bits per heavy atom. The fourth-order valence-electron chi connectivity index (χ4n) is 1.13. The van der Waals surface area contributed by atoms with E-state index >= 15 is 0 Å². The van der Waals surface area contributed by atoms with Crippen LogP contribution in [0.5, 0.6) is 0 Å². The van der Waals surface area contributed by atoms with Gasteiger partial charge in [0.15, 0.2) is 0 Å². The van der Waals surface area contributed by atoms with Crippen molar-refractivity contribution < 1.29 is 4.79 Å². The van der Waals surface area contributed by atoms with E-state index in [1.165, 1.54) is 0 Å². The van der Waals surface area contributed by atoms with Gasteiger partial charge in [-0.1, -0.05) is 31.5 Å². The molecule has 80 valence electrons. The van der Waals surface area contributed by atoms with Crippen molar-refractivity contribution in [2.75, 3.05) is 0 Å². The van der Waals surface area contributed by atoms with Crippen LogP contribution in [0, 0.1) is 5.92 Å². The van der Waals surface area contributed by atoms with E-state index in [9.17, 15) is 4.79 Å². The van der Waals surface area contributed by atoms with Crippen LogP contribution in [0.1, 0.15) is 19.4 Å². The SMILES string of the molecule is CC(C)/C(C=O)=C/c1ccc(Cl)c(Br)c1. The van der Waals surface area contributed by atoms with E-state index in [0.29, 0.717) is 5.02 Å². The molecule has 0 radical (unpaired) electrons. The first-order valence-electron chi connectivity index (χ1n) is 4.66. The van der Waals surface area contributed by atoms with E-state index in [-0.39, 0.29) is 5.92 Å². The van der Waals surface area contributed by atoms with E-state index in [0.717, 1.165) is 21.9 Å². The van der Waals surface area contributed by atoms with E-state index in [1.54, 1.807) is 6.07 Å². The van der Waals surface area contributed by atoms with E-state index in [4.69, 9.17) is 11.6 Å². The Balaban J connectivity index is 3.07. The number of carbonyl (C=O) groups excluding carboxylic acids is 1. The Morgan fingerprint density at radius 2 is 2.13 bits per heavy atom. The standard InChI is InChI=1S/C12H12BrClO/c1-8(2)10(7-15)5-9-3-4-12(14)11(13)6-9/h3-8H,1-2H3/b10-5+. The van der Waals surface area contributed by atoms with Crippen molar-refractivity contribution >= 4 is 39.9 Å². The molecule has 0 saturated heterocycles. The number of halogens is 2. The van der Waals surface area contributed by atoms with Crippen LogP contribution >= 0.6 is 27.5 Å². The summed E-state index contributed by atoms with van der Waals surface area (Å²) in [4.78, 5) is 10.8. The van der Waals surface area contributed by atoms with Gasteiger partial charge in [0.1, 0.15) is 6.29 Å². The van der Waals surface area contributed by atoms with Crippen LogP contribution in [-0.2, 0) is 4.79 Å². The van der Waals surface area contributed by atoms with E-state index in [1.807, 2.05) is 32.1 Å².